The Hall–Kier alpha value is -0.0800. The predicted octanol–water partition coefficient (Wildman–Crippen LogP) is 1.72. The van der Waals surface area contributed by atoms with Gasteiger partial charge in [0.2, 0.25) is 0 Å². The van der Waals surface area contributed by atoms with Crippen molar-refractivity contribution in [2.45, 2.75) is 50.7 Å². The summed E-state index contributed by atoms with van der Waals surface area (Å²) >= 11 is 0. The molecule has 0 aromatic carbocycles. The highest BCUT2D eigenvalue weighted by Gasteiger charge is 2.46. The molecular weight excluding hydrogens is 152 g/mol. The van der Waals surface area contributed by atoms with Gasteiger partial charge in [0.1, 0.15) is 6.10 Å². The second-order valence-electron chi connectivity index (χ2n) is 4.28. The van der Waals surface area contributed by atoms with Crippen LogP contribution in [0.25, 0.3) is 0 Å². The van der Waals surface area contributed by atoms with E-state index in [4.69, 9.17) is 4.74 Å². The van der Waals surface area contributed by atoms with E-state index in [1.165, 1.54) is 19.3 Å². The molecular formula is C10H18O2. The summed E-state index contributed by atoms with van der Waals surface area (Å²) in [6, 6.07) is 0. The molecule has 0 amide bonds. The third-order valence-corrected chi connectivity index (χ3v) is 3.48. The fourth-order valence-corrected chi connectivity index (χ4v) is 2.27. The number of hydrogen-bond acceptors (Lipinski definition) is 2. The summed E-state index contributed by atoms with van der Waals surface area (Å²) in [5, 5.41) is 10.1. The van der Waals surface area contributed by atoms with Gasteiger partial charge >= 0.3 is 0 Å². The topological polar surface area (TPSA) is 32.8 Å². The van der Waals surface area contributed by atoms with Crippen LogP contribution < -0.4 is 0 Å². The van der Waals surface area contributed by atoms with E-state index in [-0.39, 0.29) is 6.10 Å². The maximum Gasteiger partial charge on any atom is 0.110 e. The summed E-state index contributed by atoms with van der Waals surface area (Å²) in [5.74, 6) is 0.851. The lowest BCUT2D eigenvalue weighted by Gasteiger charge is -2.34. The van der Waals surface area contributed by atoms with Gasteiger partial charge in [-0.25, -0.2) is 0 Å². The zero-order chi connectivity index (χ0) is 8.60. The summed E-state index contributed by atoms with van der Waals surface area (Å²) in [5.41, 5.74) is -0.453. The molecule has 1 N–H and O–H groups in total. The SMILES string of the molecule is CCC1CCC(O)(C2CO2)CC1. The molecule has 0 spiro atoms. The van der Waals surface area contributed by atoms with Gasteiger partial charge in [-0.05, 0) is 31.6 Å². The normalized spacial score (nSPS) is 47.5. The minimum Gasteiger partial charge on any atom is -0.387 e. The molecule has 70 valence electrons. The molecule has 2 nitrogen and oxygen atoms in total. The van der Waals surface area contributed by atoms with Gasteiger partial charge in [-0.2, -0.15) is 0 Å². The van der Waals surface area contributed by atoms with Crippen molar-refractivity contribution >= 4 is 0 Å². The van der Waals surface area contributed by atoms with E-state index in [0.717, 1.165) is 25.4 Å². The standard InChI is InChI=1S/C10H18O2/c1-2-8-3-5-10(11,6-4-8)9-7-12-9/h8-9,11H,2-7H2,1H3. The van der Waals surface area contributed by atoms with Crippen LogP contribution in [0.1, 0.15) is 39.0 Å². The second kappa shape index (κ2) is 3.00. The van der Waals surface area contributed by atoms with Crippen LogP contribution in [0.3, 0.4) is 0 Å². The van der Waals surface area contributed by atoms with Crippen LogP contribution in [0.4, 0.5) is 0 Å². The van der Waals surface area contributed by atoms with E-state index in [2.05, 4.69) is 6.92 Å². The van der Waals surface area contributed by atoms with Crippen molar-refractivity contribution in [3.05, 3.63) is 0 Å². The third-order valence-electron chi connectivity index (χ3n) is 3.48. The minimum absolute atomic E-state index is 0.176. The summed E-state index contributed by atoms with van der Waals surface area (Å²) in [6.45, 7) is 3.02. The van der Waals surface area contributed by atoms with Gasteiger partial charge in [0, 0.05) is 0 Å². The molecule has 0 radical (unpaired) electrons. The molecule has 2 rings (SSSR count). The molecule has 1 aliphatic carbocycles. The Balaban J connectivity index is 1.87. The number of rotatable bonds is 2. The van der Waals surface area contributed by atoms with Crippen LogP contribution in [0, 0.1) is 5.92 Å². The van der Waals surface area contributed by atoms with Crippen molar-refractivity contribution in [3.8, 4) is 0 Å². The second-order valence-corrected chi connectivity index (χ2v) is 4.28. The largest absolute Gasteiger partial charge is 0.387 e. The Kier molecular flexibility index (Phi) is 2.13. The Morgan fingerprint density at radius 2 is 2.00 bits per heavy atom. The number of hydrogen-bond donors (Lipinski definition) is 1. The van der Waals surface area contributed by atoms with Gasteiger partial charge in [0.05, 0.1) is 12.2 Å². The molecule has 1 heterocycles. The van der Waals surface area contributed by atoms with Gasteiger partial charge in [0.25, 0.3) is 0 Å². The third kappa shape index (κ3) is 1.50. The molecule has 1 atom stereocenters. The van der Waals surface area contributed by atoms with Gasteiger partial charge in [-0.15, -0.1) is 0 Å². The van der Waals surface area contributed by atoms with E-state index >= 15 is 0 Å². The highest BCUT2D eigenvalue weighted by atomic mass is 16.6. The fraction of sp³-hybridized carbons (Fsp3) is 1.00. The quantitative estimate of drug-likeness (QED) is 0.640. The van der Waals surface area contributed by atoms with Crippen molar-refractivity contribution in [3.63, 3.8) is 0 Å². The van der Waals surface area contributed by atoms with E-state index in [9.17, 15) is 5.11 Å². The molecule has 2 fully saturated rings. The van der Waals surface area contributed by atoms with Gasteiger partial charge in [-0.1, -0.05) is 13.3 Å². The molecule has 1 saturated heterocycles. The Labute approximate surface area is 73.9 Å². The highest BCUT2D eigenvalue weighted by molar-refractivity contribution is 4.97. The molecule has 0 bridgehead atoms. The van der Waals surface area contributed by atoms with Crippen LogP contribution in [-0.2, 0) is 4.74 Å². The van der Waals surface area contributed by atoms with Crippen LogP contribution in [0.5, 0.6) is 0 Å². The predicted molar refractivity (Wildman–Crippen MR) is 46.9 cm³/mol. The minimum atomic E-state index is -0.453. The smallest absolute Gasteiger partial charge is 0.110 e. The zero-order valence-corrected chi connectivity index (χ0v) is 7.75. The molecule has 1 saturated carbocycles. The molecule has 0 aromatic heterocycles. The Morgan fingerprint density at radius 1 is 1.42 bits per heavy atom. The van der Waals surface area contributed by atoms with Crippen LogP contribution in [0.2, 0.25) is 0 Å². The number of aliphatic hydroxyl groups is 1. The van der Waals surface area contributed by atoms with Gasteiger partial charge < -0.3 is 9.84 Å². The van der Waals surface area contributed by atoms with Crippen molar-refractivity contribution in [2.24, 2.45) is 5.92 Å². The lowest BCUT2D eigenvalue weighted by atomic mass is 9.76. The first-order chi connectivity index (χ1) is 5.74. The lowest BCUT2D eigenvalue weighted by molar-refractivity contribution is -0.0321. The van der Waals surface area contributed by atoms with Gasteiger partial charge in [-0.3, -0.25) is 0 Å². The fourth-order valence-electron chi connectivity index (χ4n) is 2.27. The summed E-state index contributed by atoms with van der Waals surface area (Å²) in [7, 11) is 0. The van der Waals surface area contributed by atoms with Crippen molar-refractivity contribution in [1.29, 1.82) is 0 Å². The Bertz CT molecular complexity index is 155. The summed E-state index contributed by atoms with van der Waals surface area (Å²) in [6.07, 6.45) is 5.73. The van der Waals surface area contributed by atoms with E-state index in [1.807, 2.05) is 0 Å². The molecule has 1 aliphatic heterocycles. The molecule has 1 unspecified atom stereocenters. The lowest BCUT2D eigenvalue weighted by Crippen LogP contribution is -2.39. The summed E-state index contributed by atoms with van der Waals surface area (Å²) in [4.78, 5) is 0. The first kappa shape index (κ1) is 8.52. The average molecular weight is 170 g/mol. The monoisotopic (exact) mass is 170 g/mol. The first-order valence-corrected chi connectivity index (χ1v) is 5.08. The van der Waals surface area contributed by atoms with Gasteiger partial charge in [0.15, 0.2) is 0 Å². The van der Waals surface area contributed by atoms with E-state index in [0.29, 0.717) is 0 Å². The van der Waals surface area contributed by atoms with Crippen molar-refractivity contribution < 1.29 is 9.84 Å². The average Bonchev–Trinajstić information content (AvgIpc) is 2.88. The Morgan fingerprint density at radius 3 is 2.42 bits per heavy atom. The zero-order valence-electron chi connectivity index (χ0n) is 7.75. The first-order valence-electron chi connectivity index (χ1n) is 5.08. The molecule has 2 aliphatic rings. The van der Waals surface area contributed by atoms with Crippen molar-refractivity contribution in [2.75, 3.05) is 6.61 Å². The van der Waals surface area contributed by atoms with E-state index < -0.39 is 5.60 Å². The van der Waals surface area contributed by atoms with Crippen LogP contribution in [-0.4, -0.2) is 23.4 Å². The molecule has 2 heteroatoms. The summed E-state index contributed by atoms with van der Waals surface area (Å²) < 4.78 is 5.17. The molecule has 12 heavy (non-hydrogen) atoms. The van der Waals surface area contributed by atoms with Crippen molar-refractivity contribution in [1.82, 2.24) is 0 Å². The maximum atomic E-state index is 10.1. The number of ether oxygens (including phenoxy) is 1. The van der Waals surface area contributed by atoms with Crippen LogP contribution >= 0.6 is 0 Å². The maximum absolute atomic E-state index is 10.1. The molecule has 0 aromatic rings. The number of epoxide rings is 1. The highest BCUT2D eigenvalue weighted by Crippen LogP contribution is 2.40. The van der Waals surface area contributed by atoms with E-state index in [1.54, 1.807) is 0 Å². The van der Waals surface area contributed by atoms with Crippen LogP contribution in [0.15, 0.2) is 0 Å².